The number of pyridine rings is 1. The Balaban J connectivity index is 3.25. The van der Waals surface area contributed by atoms with Gasteiger partial charge in [-0.2, -0.15) is 0 Å². The highest BCUT2D eigenvalue weighted by atomic mass is 16.4. The van der Waals surface area contributed by atoms with E-state index in [2.05, 4.69) is 4.98 Å². The number of carboxylic acids is 1. The first-order valence-electron chi connectivity index (χ1n) is 5.32. The normalized spacial score (nSPS) is 10.3. The molecule has 0 unspecified atom stereocenters. The van der Waals surface area contributed by atoms with Crippen molar-refractivity contribution >= 4 is 5.97 Å². The van der Waals surface area contributed by atoms with Crippen LogP contribution in [0.5, 0.6) is 0 Å². The Bertz CT molecular complexity index is 372. The Morgan fingerprint density at radius 1 is 1.47 bits per heavy atom. The van der Waals surface area contributed by atoms with Gasteiger partial charge >= 0.3 is 5.97 Å². The highest BCUT2D eigenvalue weighted by molar-refractivity contribution is 5.89. The van der Waals surface area contributed by atoms with Crippen LogP contribution in [0.1, 0.15) is 47.6 Å². The van der Waals surface area contributed by atoms with Crippen molar-refractivity contribution in [3.63, 3.8) is 0 Å². The highest BCUT2D eigenvalue weighted by Gasteiger charge is 2.13. The van der Waals surface area contributed by atoms with E-state index in [4.69, 9.17) is 5.11 Å². The smallest absolute Gasteiger partial charge is 0.337 e. The summed E-state index contributed by atoms with van der Waals surface area (Å²) in [5.41, 5.74) is 3.04. The second kappa shape index (κ2) is 4.91. The number of nitrogens with zero attached hydrogens (tertiary/aromatic N) is 1. The molecule has 0 aliphatic carbocycles. The summed E-state index contributed by atoms with van der Waals surface area (Å²) in [6.07, 6.45) is 2.47. The maximum atomic E-state index is 11.0. The average Bonchev–Trinajstić information content (AvgIpc) is 2.18. The monoisotopic (exact) mass is 207 g/mol. The molecule has 15 heavy (non-hydrogen) atoms. The molecular formula is C12H17NO2. The van der Waals surface area contributed by atoms with E-state index >= 15 is 0 Å². The third kappa shape index (κ3) is 2.55. The van der Waals surface area contributed by atoms with Crippen molar-refractivity contribution in [3.05, 3.63) is 28.6 Å². The molecule has 0 aliphatic heterocycles. The average molecular weight is 207 g/mol. The molecule has 0 fully saturated rings. The quantitative estimate of drug-likeness (QED) is 0.825. The van der Waals surface area contributed by atoms with Gasteiger partial charge < -0.3 is 5.11 Å². The molecular weight excluding hydrogens is 190 g/mol. The van der Waals surface area contributed by atoms with E-state index in [0.29, 0.717) is 11.3 Å². The molecule has 0 atom stereocenters. The van der Waals surface area contributed by atoms with Crippen molar-refractivity contribution < 1.29 is 9.90 Å². The first-order chi connectivity index (χ1) is 7.10. The van der Waals surface area contributed by atoms with E-state index in [9.17, 15) is 4.79 Å². The molecule has 0 saturated heterocycles. The van der Waals surface area contributed by atoms with Gasteiger partial charge in [0.1, 0.15) is 0 Å². The summed E-state index contributed by atoms with van der Waals surface area (Å²) in [6, 6.07) is 1.76. The van der Waals surface area contributed by atoms with Gasteiger partial charge in [-0.3, -0.25) is 4.98 Å². The van der Waals surface area contributed by atoms with Crippen molar-refractivity contribution in [2.45, 2.75) is 40.0 Å². The number of aryl methyl sites for hydroxylation is 3. The minimum absolute atomic E-state index is 0.360. The van der Waals surface area contributed by atoms with Gasteiger partial charge in [-0.15, -0.1) is 0 Å². The van der Waals surface area contributed by atoms with Gasteiger partial charge in [0.2, 0.25) is 0 Å². The van der Waals surface area contributed by atoms with Crippen LogP contribution in [-0.4, -0.2) is 16.1 Å². The Kier molecular flexibility index (Phi) is 3.83. The predicted octanol–water partition coefficient (Wildman–Crippen LogP) is 2.60. The van der Waals surface area contributed by atoms with Crippen molar-refractivity contribution in [1.29, 1.82) is 0 Å². The molecule has 1 aromatic heterocycles. The Morgan fingerprint density at radius 3 is 2.60 bits per heavy atom. The van der Waals surface area contributed by atoms with Crippen molar-refractivity contribution in [3.8, 4) is 0 Å². The number of carboxylic acid groups (broad SMARTS) is 1. The Hall–Kier alpha value is -1.38. The van der Waals surface area contributed by atoms with Crippen LogP contribution in [0.3, 0.4) is 0 Å². The molecule has 0 saturated carbocycles. The summed E-state index contributed by atoms with van der Waals surface area (Å²) in [7, 11) is 0. The maximum Gasteiger partial charge on any atom is 0.337 e. The largest absolute Gasteiger partial charge is 0.478 e. The van der Waals surface area contributed by atoms with Gasteiger partial charge in [0, 0.05) is 5.69 Å². The summed E-state index contributed by atoms with van der Waals surface area (Å²) in [6.45, 7) is 5.97. The summed E-state index contributed by atoms with van der Waals surface area (Å²) in [5, 5.41) is 9.06. The van der Waals surface area contributed by atoms with Crippen molar-refractivity contribution in [2.24, 2.45) is 0 Å². The zero-order valence-electron chi connectivity index (χ0n) is 9.50. The lowest BCUT2D eigenvalue weighted by Gasteiger charge is -2.09. The van der Waals surface area contributed by atoms with E-state index in [-0.39, 0.29) is 0 Å². The third-order valence-corrected chi connectivity index (χ3v) is 2.49. The molecule has 3 heteroatoms. The van der Waals surface area contributed by atoms with Crippen LogP contribution >= 0.6 is 0 Å². The molecule has 1 rings (SSSR count). The number of rotatable bonds is 4. The number of carbonyl (C=O) groups is 1. The lowest BCUT2D eigenvalue weighted by Crippen LogP contribution is -2.08. The zero-order valence-corrected chi connectivity index (χ0v) is 9.50. The molecule has 3 nitrogen and oxygen atoms in total. The molecule has 82 valence electrons. The van der Waals surface area contributed by atoms with Gasteiger partial charge in [0.25, 0.3) is 0 Å². The van der Waals surface area contributed by atoms with Crippen LogP contribution in [0.2, 0.25) is 0 Å². The third-order valence-electron chi connectivity index (χ3n) is 2.49. The van der Waals surface area contributed by atoms with E-state index in [1.165, 1.54) is 0 Å². The lowest BCUT2D eigenvalue weighted by atomic mass is 10.0. The van der Waals surface area contributed by atoms with E-state index < -0.39 is 5.97 Å². The van der Waals surface area contributed by atoms with Gasteiger partial charge in [0.05, 0.1) is 11.3 Å². The predicted molar refractivity (Wildman–Crippen MR) is 59.3 cm³/mol. The van der Waals surface area contributed by atoms with Crippen LogP contribution in [0.25, 0.3) is 0 Å². The van der Waals surface area contributed by atoms with Crippen LogP contribution in [0, 0.1) is 6.92 Å². The molecule has 0 spiro atoms. The van der Waals surface area contributed by atoms with Gasteiger partial charge in [-0.25, -0.2) is 4.79 Å². The fraction of sp³-hybridized carbons (Fsp3) is 0.500. The first kappa shape index (κ1) is 11.7. The second-order valence-electron chi connectivity index (χ2n) is 3.64. The van der Waals surface area contributed by atoms with Crippen molar-refractivity contribution in [2.75, 3.05) is 0 Å². The van der Waals surface area contributed by atoms with Crippen LogP contribution in [-0.2, 0) is 12.8 Å². The molecule has 0 aliphatic rings. The maximum absolute atomic E-state index is 11.0. The number of hydrogen-bond acceptors (Lipinski definition) is 2. The summed E-state index contributed by atoms with van der Waals surface area (Å²) >= 11 is 0. The van der Waals surface area contributed by atoms with Gasteiger partial charge in [-0.1, -0.05) is 20.3 Å². The standard InChI is InChI=1S/C12H17NO2/c1-4-6-11-10(12(14)15)7-9(5-2)8(3)13-11/h7H,4-6H2,1-3H3,(H,14,15). The molecule has 0 bridgehead atoms. The fourth-order valence-corrected chi connectivity index (χ4v) is 1.67. The molecule has 0 radical (unpaired) electrons. The zero-order chi connectivity index (χ0) is 11.4. The lowest BCUT2D eigenvalue weighted by molar-refractivity contribution is 0.0695. The molecule has 0 aromatic carbocycles. The van der Waals surface area contributed by atoms with Crippen LogP contribution in [0.15, 0.2) is 6.07 Å². The second-order valence-corrected chi connectivity index (χ2v) is 3.64. The first-order valence-corrected chi connectivity index (χ1v) is 5.32. The minimum Gasteiger partial charge on any atom is -0.478 e. The molecule has 1 aromatic rings. The SMILES string of the molecule is CCCc1nc(C)c(CC)cc1C(=O)O. The van der Waals surface area contributed by atoms with Crippen LogP contribution < -0.4 is 0 Å². The van der Waals surface area contributed by atoms with Gasteiger partial charge in [-0.05, 0) is 31.4 Å². The highest BCUT2D eigenvalue weighted by Crippen LogP contribution is 2.15. The number of aromatic nitrogens is 1. The van der Waals surface area contributed by atoms with E-state index in [1.54, 1.807) is 6.07 Å². The number of hydrogen-bond donors (Lipinski definition) is 1. The van der Waals surface area contributed by atoms with Crippen LogP contribution in [0.4, 0.5) is 0 Å². The topological polar surface area (TPSA) is 50.2 Å². The van der Waals surface area contributed by atoms with E-state index in [1.807, 2.05) is 20.8 Å². The fourth-order valence-electron chi connectivity index (χ4n) is 1.67. The van der Waals surface area contributed by atoms with Crippen molar-refractivity contribution in [1.82, 2.24) is 4.98 Å². The summed E-state index contributed by atoms with van der Waals surface area (Å²) in [4.78, 5) is 15.4. The summed E-state index contributed by atoms with van der Waals surface area (Å²) in [5.74, 6) is -0.874. The summed E-state index contributed by atoms with van der Waals surface area (Å²) < 4.78 is 0. The molecule has 1 heterocycles. The molecule has 1 N–H and O–H groups in total. The minimum atomic E-state index is -0.874. The Labute approximate surface area is 90.2 Å². The number of aromatic carboxylic acids is 1. The molecule has 0 amide bonds. The Morgan fingerprint density at radius 2 is 2.13 bits per heavy atom. The van der Waals surface area contributed by atoms with E-state index in [0.717, 1.165) is 30.5 Å². The van der Waals surface area contributed by atoms with Gasteiger partial charge in [0.15, 0.2) is 0 Å².